The van der Waals surface area contributed by atoms with Crippen LogP contribution >= 0.6 is 0 Å². The molecule has 0 unspecified atom stereocenters. The largest absolute Gasteiger partial charge is 0.428 e. The minimum atomic E-state index is 0.890. The van der Waals surface area contributed by atoms with Gasteiger partial charge in [-0.3, -0.25) is 0 Å². The van der Waals surface area contributed by atoms with Crippen molar-refractivity contribution in [3.05, 3.63) is 5.92 Å². The molecule has 0 aliphatic heterocycles. The van der Waals surface area contributed by atoms with Crippen molar-refractivity contribution in [2.75, 3.05) is 6.61 Å². The van der Waals surface area contributed by atoms with Crippen LogP contribution in [-0.4, -0.2) is 17.1 Å². The Hall–Kier alpha value is 0.177. The fourth-order valence-electron chi connectivity index (χ4n) is 0.570. The second kappa shape index (κ2) is 5.32. The predicted octanol–water partition coefficient (Wildman–Crippen LogP) is 0.678. The van der Waals surface area contributed by atoms with E-state index in [1.165, 1.54) is 18.8 Å². The third-order valence-corrected chi connectivity index (χ3v) is 1.43. The summed E-state index contributed by atoms with van der Waals surface area (Å²) in [6.45, 7) is 5.28. The molecule has 0 aromatic heterocycles. The molecule has 8 heavy (non-hydrogen) atoms. The van der Waals surface area contributed by atoms with Crippen LogP contribution in [0.3, 0.4) is 0 Å². The second-order valence-electron chi connectivity index (χ2n) is 2.30. The van der Waals surface area contributed by atoms with Crippen molar-refractivity contribution in [1.82, 2.24) is 0 Å². The molecular weight excluding hydrogens is 116 g/mol. The zero-order chi connectivity index (χ0) is 6.41. The average Bonchev–Trinajstić information content (AvgIpc) is 1.66. The van der Waals surface area contributed by atoms with Gasteiger partial charge in [-0.05, 0) is 18.8 Å². The molecule has 0 saturated heterocycles. The summed E-state index contributed by atoms with van der Waals surface area (Å²) in [5, 5.41) is 0. The van der Waals surface area contributed by atoms with Crippen LogP contribution in [0.5, 0.6) is 0 Å². The average molecular weight is 131 g/mol. The van der Waals surface area contributed by atoms with E-state index in [4.69, 9.17) is 4.43 Å². The van der Waals surface area contributed by atoms with Crippen LogP contribution in [0.4, 0.5) is 0 Å². The molecule has 0 heterocycles. The Morgan fingerprint density at radius 3 is 2.50 bits per heavy atom. The van der Waals surface area contributed by atoms with Gasteiger partial charge in [-0.25, -0.2) is 0 Å². The molecule has 0 rings (SSSR count). The lowest BCUT2D eigenvalue weighted by Crippen LogP contribution is -1.92. The highest BCUT2D eigenvalue weighted by atomic mass is 28.2. The van der Waals surface area contributed by atoms with E-state index in [1.807, 2.05) is 0 Å². The van der Waals surface area contributed by atoms with Crippen molar-refractivity contribution in [2.45, 2.75) is 26.7 Å². The zero-order valence-corrected chi connectivity index (χ0v) is 8.03. The quantitative estimate of drug-likeness (QED) is 0.403. The van der Waals surface area contributed by atoms with Crippen LogP contribution in [0.15, 0.2) is 0 Å². The first-order valence-electron chi connectivity index (χ1n) is 3.05. The maximum Gasteiger partial charge on any atom is 0.145 e. The maximum absolute atomic E-state index is 5.02. The molecule has 0 N–H and O–H groups in total. The third kappa shape index (κ3) is 6.18. The molecule has 0 aliphatic carbocycles. The van der Waals surface area contributed by atoms with Crippen LogP contribution in [0.2, 0.25) is 0 Å². The summed E-state index contributed by atoms with van der Waals surface area (Å²) in [5.41, 5.74) is 0. The highest BCUT2D eigenvalue weighted by Crippen LogP contribution is 2.04. The number of hydrogen-bond donors (Lipinski definition) is 0. The molecule has 0 bridgehead atoms. The molecule has 49 valence electrons. The van der Waals surface area contributed by atoms with Crippen LogP contribution < -0.4 is 0 Å². The summed E-state index contributed by atoms with van der Waals surface area (Å²) in [6.07, 6.45) is 2.42. The summed E-state index contributed by atoms with van der Waals surface area (Å²) in [4.78, 5) is 0. The van der Waals surface area contributed by atoms with E-state index < -0.39 is 0 Å². The molecule has 2 heteroatoms. The normalized spacial score (nSPS) is 10.9. The molecule has 0 aliphatic rings. The molecule has 0 aromatic carbocycles. The second-order valence-corrected chi connectivity index (χ2v) is 2.88. The molecule has 1 radical (unpaired) electrons. The minimum Gasteiger partial charge on any atom is -0.428 e. The molecule has 0 aromatic rings. The van der Waals surface area contributed by atoms with Crippen LogP contribution in [0.1, 0.15) is 26.7 Å². The smallest absolute Gasteiger partial charge is 0.145 e. The molecule has 1 nitrogen and oxygen atoms in total. The van der Waals surface area contributed by atoms with Crippen LogP contribution in [-0.2, 0) is 4.43 Å². The highest BCUT2D eigenvalue weighted by Gasteiger charge is 1.91. The molecular formula is C6H15OSi. The third-order valence-electron chi connectivity index (χ3n) is 1.03. The van der Waals surface area contributed by atoms with Gasteiger partial charge in [0.05, 0.1) is 0 Å². The van der Waals surface area contributed by atoms with Crippen molar-refractivity contribution in [2.24, 2.45) is 0 Å². The van der Waals surface area contributed by atoms with Crippen molar-refractivity contribution >= 4 is 10.5 Å². The number of rotatable bonds is 4. The Morgan fingerprint density at radius 1 is 1.50 bits per heavy atom. The van der Waals surface area contributed by atoms with Gasteiger partial charge in [-0.15, -0.1) is 0 Å². The van der Waals surface area contributed by atoms with Crippen molar-refractivity contribution in [3.63, 3.8) is 0 Å². The Morgan fingerprint density at radius 2 is 2.12 bits per heavy atom. The minimum absolute atomic E-state index is 0.890. The van der Waals surface area contributed by atoms with Crippen LogP contribution in [0.25, 0.3) is 0 Å². The van der Waals surface area contributed by atoms with Gasteiger partial charge >= 0.3 is 0 Å². The van der Waals surface area contributed by atoms with Crippen LogP contribution in [0, 0.1) is 5.92 Å². The van der Waals surface area contributed by atoms with Crippen molar-refractivity contribution in [1.29, 1.82) is 0 Å². The first kappa shape index (κ1) is 8.18. The Labute approximate surface area is 55.0 Å². The summed E-state index contributed by atoms with van der Waals surface area (Å²) < 4.78 is 5.02. The van der Waals surface area contributed by atoms with E-state index in [9.17, 15) is 0 Å². The van der Waals surface area contributed by atoms with Crippen molar-refractivity contribution in [3.8, 4) is 0 Å². The topological polar surface area (TPSA) is 9.23 Å². The van der Waals surface area contributed by atoms with Gasteiger partial charge in [0.25, 0.3) is 0 Å². The van der Waals surface area contributed by atoms with E-state index in [1.54, 1.807) is 0 Å². The first-order valence-corrected chi connectivity index (χ1v) is 3.87. The zero-order valence-electron chi connectivity index (χ0n) is 6.03. The Bertz CT molecular complexity index is 45.8. The summed E-state index contributed by atoms with van der Waals surface area (Å²) >= 11 is 0. The Kier molecular flexibility index (Phi) is 5.43. The van der Waals surface area contributed by atoms with E-state index >= 15 is 0 Å². The molecule has 0 fully saturated rings. The predicted molar refractivity (Wildman–Crippen MR) is 39.7 cm³/mol. The maximum atomic E-state index is 5.02. The lowest BCUT2D eigenvalue weighted by molar-refractivity contribution is 0.338. The fraction of sp³-hybridized carbons (Fsp3) is 0.833. The van der Waals surface area contributed by atoms with E-state index in [2.05, 4.69) is 13.8 Å². The molecule has 0 amide bonds. The van der Waals surface area contributed by atoms with Gasteiger partial charge in [0, 0.05) is 6.61 Å². The first-order chi connectivity index (χ1) is 3.77. The standard InChI is InChI=1S/C6H15OSi/c1-6(2)4-3-5-7-8/h3-5H2,1-2,8H3. The van der Waals surface area contributed by atoms with Gasteiger partial charge in [0.1, 0.15) is 10.5 Å². The lowest BCUT2D eigenvalue weighted by atomic mass is 10.1. The van der Waals surface area contributed by atoms with Gasteiger partial charge in [-0.1, -0.05) is 13.8 Å². The van der Waals surface area contributed by atoms with Gasteiger partial charge in [-0.2, -0.15) is 0 Å². The molecule has 0 atom stereocenters. The van der Waals surface area contributed by atoms with E-state index in [-0.39, 0.29) is 0 Å². The SMILES string of the molecule is C[C](C)CCCO[SiH3]. The van der Waals surface area contributed by atoms with Crippen molar-refractivity contribution < 1.29 is 4.43 Å². The monoisotopic (exact) mass is 131 g/mol. The molecule has 0 spiro atoms. The van der Waals surface area contributed by atoms with Gasteiger partial charge in [0.2, 0.25) is 0 Å². The highest BCUT2D eigenvalue weighted by molar-refractivity contribution is 5.97. The van der Waals surface area contributed by atoms with E-state index in [0.29, 0.717) is 0 Å². The summed E-state index contributed by atoms with van der Waals surface area (Å²) in [6, 6.07) is 0. The fourth-order valence-corrected chi connectivity index (χ4v) is 0.859. The number of hydrogen-bond acceptors (Lipinski definition) is 1. The van der Waals surface area contributed by atoms with Gasteiger partial charge < -0.3 is 4.43 Å². The Balaban J connectivity index is 2.72. The van der Waals surface area contributed by atoms with Gasteiger partial charge in [0.15, 0.2) is 0 Å². The summed E-state index contributed by atoms with van der Waals surface area (Å²) in [5.74, 6) is 1.50. The summed E-state index contributed by atoms with van der Waals surface area (Å²) in [7, 11) is 0.890. The lowest BCUT2D eigenvalue weighted by Gasteiger charge is -2.01. The molecule has 0 saturated carbocycles. The van der Waals surface area contributed by atoms with E-state index in [0.717, 1.165) is 17.1 Å².